The first kappa shape index (κ1) is 23.2. The molecule has 1 aromatic heterocycles. The van der Waals surface area contributed by atoms with E-state index in [1.54, 1.807) is 25.1 Å². The van der Waals surface area contributed by atoms with Gasteiger partial charge in [0.1, 0.15) is 5.00 Å². The highest BCUT2D eigenvalue weighted by atomic mass is 35.5. The number of ether oxygens (including phenoxy) is 1. The van der Waals surface area contributed by atoms with E-state index in [1.165, 1.54) is 17.6 Å². The predicted octanol–water partition coefficient (Wildman–Crippen LogP) is 4.45. The number of anilines is 1. The first-order valence-corrected chi connectivity index (χ1v) is 11.3. The maximum atomic E-state index is 12.5. The molecule has 1 aliphatic carbocycles. The molecule has 31 heavy (non-hydrogen) atoms. The summed E-state index contributed by atoms with van der Waals surface area (Å²) < 4.78 is 5.17. The lowest BCUT2D eigenvalue weighted by Gasteiger charge is -2.18. The molecular weight excluding hydrogens is 461 g/mol. The van der Waals surface area contributed by atoms with Crippen LogP contribution in [0.5, 0.6) is 0 Å². The zero-order valence-corrected chi connectivity index (χ0v) is 19.3. The molecule has 0 fully saturated rings. The normalized spacial score (nSPS) is 15.4. The van der Waals surface area contributed by atoms with Crippen molar-refractivity contribution in [3.8, 4) is 0 Å². The summed E-state index contributed by atoms with van der Waals surface area (Å²) >= 11 is 13.4. The number of nitrogens with zero attached hydrogens (tertiary/aromatic N) is 1. The largest absolute Gasteiger partial charge is 0.462 e. The molecule has 1 unspecified atom stereocenters. The Morgan fingerprint density at radius 1 is 1.26 bits per heavy atom. The van der Waals surface area contributed by atoms with E-state index in [9.17, 15) is 14.4 Å². The molecule has 0 bridgehead atoms. The topological polar surface area (TPSA) is 96.9 Å². The molecule has 0 saturated carbocycles. The van der Waals surface area contributed by atoms with Crippen molar-refractivity contribution in [2.24, 2.45) is 11.0 Å². The van der Waals surface area contributed by atoms with Crippen molar-refractivity contribution in [2.45, 2.75) is 33.1 Å². The van der Waals surface area contributed by atoms with Gasteiger partial charge in [0.25, 0.3) is 0 Å². The lowest BCUT2D eigenvalue weighted by Crippen LogP contribution is -2.32. The summed E-state index contributed by atoms with van der Waals surface area (Å²) in [5.41, 5.74) is 3.78. The average molecular weight is 482 g/mol. The number of esters is 1. The molecule has 2 amide bonds. The Hall–Kier alpha value is -2.42. The molecule has 0 saturated heterocycles. The number of amides is 2. The minimum Gasteiger partial charge on any atom is -0.462 e. The molecule has 1 aliphatic rings. The number of rotatable bonds is 5. The van der Waals surface area contributed by atoms with Crippen LogP contribution in [-0.4, -0.2) is 30.6 Å². The number of fused-ring (bicyclic) bond motifs is 1. The van der Waals surface area contributed by atoms with E-state index in [0.29, 0.717) is 32.1 Å². The van der Waals surface area contributed by atoms with E-state index in [-0.39, 0.29) is 6.61 Å². The Bertz CT molecular complexity index is 1030. The summed E-state index contributed by atoms with van der Waals surface area (Å²) in [4.78, 5) is 38.1. The van der Waals surface area contributed by atoms with Gasteiger partial charge in [0, 0.05) is 10.4 Å². The molecule has 164 valence electrons. The molecule has 2 aromatic rings. The SMILES string of the molecule is CCOC(=O)c1c(NC(=O)C(=O)NN=Cc2c(Cl)cccc2Cl)sc2c1CCC(C)C2. The molecular formula is C21H21Cl2N3O4S. The van der Waals surface area contributed by atoms with Gasteiger partial charge in [-0.3, -0.25) is 9.59 Å². The molecule has 1 atom stereocenters. The quantitative estimate of drug-likeness (QED) is 0.285. The summed E-state index contributed by atoms with van der Waals surface area (Å²) in [6, 6.07) is 4.93. The fourth-order valence-electron chi connectivity index (χ4n) is 3.26. The highest BCUT2D eigenvalue weighted by Gasteiger charge is 2.30. The number of benzene rings is 1. The number of hydrazone groups is 1. The Labute approximate surface area is 193 Å². The number of thiophene rings is 1. The summed E-state index contributed by atoms with van der Waals surface area (Å²) in [7, 11) is 0. The molecule has 10 heteroatoms. The highest BCUT2D eigenvalue weighted by Crippen LogP contribution is 2.40. The van der Waals surface area contributed by atoms with E-state index >= 15 is 0 Å². The van der Waals surface area contributed by atoms with Crippen molar-refractivity contribution < 1.29 is 19.1 Å². The fourth-order valence-corrected chi connectivity index (χ4v) is 5.15. The van der Waals surface area contributed by atoms with E-state index < -0.39 is 17.8 Å². The van der Waals surface area contributed by atoms with E-state index in [1.807, 2.05) is 0 Å². The second kappa shape index (κ2) is 10.3. The lowest BCUT2D eigenvalue weighted by molar-refractivity contribution is -0.136. The van der Waals surface area contributed by atoms with Crippen LogP contribution in [0.1, 0.15) is 46.6 Å². The third-order valence-electron chi connectivity index (χ3n) is 4.78. The minimum absolute atomic E-state index is 0.215. The number of hydrogen-bond acceptors (Lipinski definition) is 6. The monoisotopic (exact) mass is 481 g/mol. The van der Waals surface area contributed by atoms with Crippen LogP contribution in [0, 0.1) is 5.92 Å². The van der Waals surface area contributed by atoms with Gasteiger partial charge in [0.2, 0.25) is 0 Å². The van der Waals surface area contributed by atoms with Crippen LogP contribution in [0.2, 0.25) is 10.0 Å². The van der Waals surface area contributed by atoms with Crippen molar-refractivity contribution >= 4 is 63.5 Å². The predicted molar refractivity (Wildman–Crippen MR) is 122 cm³/mol. The Kier molecular flexibility index (Phi) is 7.69. The second-order valence-electron chi connectivity index (χ2n) is 7.06. The minimum atomic E-state index is -0.992. The van der Waals surface area contributed by atoms with Gasteiger partial charge in [-0.05, 0) is 49.8 Å². The summed E-state index contributed by atoms with van der Waals surface area (Å²) in [5.74, 6) is -1.95. The van der Waals surface area contributed by atoms with Crippen LogP contribution in [0.25, 0.3) is 0 Å². The molecule has 0 radical (unpaired) electrons. The maximum absolute atomic E-state index is 12.5. The molecule has 1 aromatic carbocycles. The third-order valence-corrected chi connectivity index (χ3v) is 6.61. The van der Waals surface area contributed by atoms with Gasteiger partial charge < -0.3 is 10.1 Å². The van der Waals surface area contributed by atoms with Gasteiger partial charge >= 0.3 is 17.8 Å². The van der Waals surface area contributed by atoms with Gasteiger partial charge in [0.05, 0.1) is 28.4 Å². The van der Waals surface area contributed by atoms with Crippen molar-refractivity contribution in [2.75, 3.05) is 11.9 Å². The van der Waals surface area contributed by atoms with Crippen LogP contribution in [0.4, 0.5) is 5.00 Å². The molecule has 1 heterocycles. The maximum Gasteiger partial charge on any atom is 0.341 e. The van der Waals surface area contributed by atoms with Gasteiger partial charge in [0.15, 0.2) is 0 Å². The van der Waals surface area contributed by atoms with Gasteiger partial charge in [-0.1, -0.05) is 36.2 Å². The Balaban J connectivity index is 1.74. The van der Waals surface area contributed by atoms with Crippen LogP contribution in [0.3, 0.4) is 0 Å². The average Bonchev–Trinajstić information content (AvgIpc) is 3.07. The summed E-state index contributed by atoms with van der Waals surface area (Å²) in [6.07, 6.45) is 3.75. The number of halogens is 2. The van der Waals surface area contributed by atoms with E-state index in [0.717, 1.165) is 29.7 Å². The number of nitrogens with one attached hydrogen (secondary N) is 2. The Morgan fingerprint density at radius 2 is 1.97 bits per heavy atom. The van der Waals surface area contributed by atoms with Crippen molar-refractivity contribution in [1.82, 2.24) is 5.43 Å². The molecule has 0 aliphatic heterocycles. The zero-order chi connectivity index (χ0) is 22.5. The molecule has 0 spiro atoms. The second-order valence-corrected chi connectivity index (χ2v) is 8.98. The van der Waals surface area contributed by atoms with Gasteiger partial charge in [-0.2, -0.15) is 5.10 Å². The summed E-state index contributed by atoms with van der Waals surface area (Å²) in [5, 5.41) is 7.30. The van der Waals surface area contributed by atoms with Crippen LogP contribution in [-0.2, 0) is 27.2 Å². The number of carbonyl (C=O) groups excluding carboxylic acids is 3. The number of hydrogen-bond donors (Lipinski definition) is 2. The fraction of sp³-hybridized carbons (Fsp3) is 0.333. The first-order valence-electron chi connectivity index (χ1n) is 9.71. The van der Waals surface area contributed by atoms with E-state index in [4.69, 9.17) is 27.9 Å². The highest BCUT2D eigenvalue weighted by molar-refractivity contribution is 7.17. The lowest BCUT2D eigenvalue weighted by atomic mass is 9.88. The van der Waals surface area contributed by atoms with E-state index in [2.05, 4.69) is 22.8 Å². The van der Waals surface area contributed by atoms with Crippen molar-refractivity contribution in [3.05, 3.63) is 49.8 Å². The summed E-state index contributed by atoms with van der Waals surface area (Å²) in [6.45, 7) is 4.07. The van der Waals surface area contributed by atoms with Crippen molar-refractivity contribution in [3.63, 3.8) is 0 Å². The zero-order valence-electron chi connectivity index (χ0n) is 17.0. The third kappa shape index (κ3) is 5.44. The van der Waals surface area contributed by atoms with Crippen molar-refractivity contribution in [1.29, 1.82) is 0 Å². The van der Waals surface area contributed by atoms with Crippen LogP contribution >= 0.6 is 34.5 Å². The number of carbonyl (C=O) groups is 3. The van der Waals surface area contributed by atoms with Gasteiger partial charge in [-0.25, -0.2) is 10.2 Å². The standard InChI is InChI=1S/C21H21Cl2N3O4S/c1-3-30-21(29)17-12-8-7-11(2)9-16(12)31-20(17)25-18(27)19(28)26-24-10-13-14(22)5-4-6-15(13)23/h4-6,10-11H,3,7-9H2,1-2H3,(H,25,27)(H,26,28). The smallest absolute Gasteiger partial charge is 0.341 e. The first-order chi connectivity index (χ1) is 14.8. The molecule has 2 N–H and O–H groups in total. The van der Waals surface area contributed by atoms with Gasteiger partial charge in [-0.15, -0.1) is 11.3 Å². The van der Waals surface area contributed by atoms with Crippen LogP contribution in [0.15, 0.2) is 23.3 Å². The Morgan fingerprint density at radius 3 is 2.65 bits per heavy atom. The van der Waals surface area contributed by atoms with Crippen LogP contribution < -0.4 is 10.7 Å². The molecule has 3 rings (SSSR count). The molecule has 7 nitrogen and oxygen atoms in total.